The smallest absolute Gasteiger partial charge is 0.173 e. The molecule has 1 rings (SSSR count). The van der Waals surface area contributed by atoms with E-state index < -0.39 is 6.10 Å². The Kier molecular flexibility index (Phi) is 6.78. The van der Waals surface area contributed by atoms with Crippen LogP contribution >= 0.6 is 0 Å². The van der Waals surface area contributed by atoms with Gasteiger partial charge in [0.2, 0.25) is 0 Å². The SMILES string of the molecule is COCC(O)CNCc1ccc(OC)c(C(N)=NO)c1. The molecule has 0 spiro atoms. The van der Waals surface area contributed by atoms with Crippen molar-refractivity contribution in [2.24, 2.45) is 10.9 Å². The van der Waals surface area contributed by atoms with Gasteiger partial charge in [0.05, 0.1) is 25.4 Å². The molecular weight excluding hydrogens is 262 g/mol. The second-order valence-corrected chi connectivity index (χ2v) is 4.26. The van der Waals surface area contributed by atoms with Crippen LogP contribution in [0.4, 0.5) is 0 Å². The van der Waals surface area contributed by atoms with Gasteiger partial charge in [-0.3, -0.25) is 0 Å². The Morgan fingerprint density at radius 3 is 2.80 bits per heavy atom. The first-order valence-corrected chi connectivity index (χ1v) is 6.14. The molecule has 0 saturated heterocycles. The lowest BCUT2D eigenvalue weighted by Gasteiger charge is -2.12. The summed E-state index contributed by atoms with van der Waals surface area (Å²) in [7, 11) is 3.05. The molecule has 7 nitrogen and oxygen atoms in total. The molecule has 112 valence electrons. The standard InChI is InChI=1S/C13H21N3O4/c1-19-8-10(17)7-15-6-9-3-4-12(20-2)11(5-9)13(14)16-18/h3-5,10,15,17-18H,6-8H2,1-2H3,(H2,14,16). The fourth-order valence-corrected chi connectivity index (χ4v) is 1.75. The van der Waals surface area contributed by atoms with Crippen molar-refractivity contribution in [2.45, 2.75) is 12.6 Å². The highest BCUT2D eigenvalue weighted by Crippen LogP contribution is 2.19. The molecule has 20 heavy (non-hydrogen) atoms. The molecular formula is C13H21N3O4. The molecule has 1 atom stereocenters. The monoisotopic (exact) mass is 283 g/mol. The normalized spacial score (nSPS) is 13.2. The first kappa shape index (κ1) is 16.2. The van der Waals surface area contributed by atoms with Gasteiger partial charge in [0, 0.05) is 20.2 Å². The highest BCUT2D eigenvalue weighted by atomic mass is 16.5. The summed E-state index contributed by atoms with van der Waals surface area (Å²) in [5.74, 6) is 0.520. The molecule has 1 aromatic rings. The lowest BCUT2D eigenvalue weighted by molar-refractivity contribution is 0.0644. The summed E-state index contributed by atoms with van der Waals surface area (Å²) < 4.78 is 9.98. The van der Waals surface area contributed by atoms with Crippen LogP contribution in [-0.4, -0.2) is 49.6 Å². The number of aliphatic hydroxyl groups is 1. The van der Waals surface area contributed by atoms with E-state index in [9.17, 15) is 5.11 Å². The van der Waals surface area contributed by atoms with Crippen LogP contribution in [0.2, 0.25) is 0 Å². The summed E-state index contributed by atoms with van der Waals surface area (Å²) in [4.78, 5) is 0. The number of nitrogens with zero attached hydrogens (tertiary/aromatic N) is 1. The Bertz CT molecular complexity index is 451. The van der Waals surface area contributed by atoms with Crippen LogP contribution in [0.1, 0.15) is 11.1 Å². The van der Waals surface area contributed by atoms with E-state index in [4.69, 9.17) is 20.4 Å². The molecule has 0 saturated carbocycles. The fraction of sp³-hybridized carbons (Fsp3) is 0.462. The number of rotatable bonds is 8. The Hall–Kier alpha value is -1.83. The number of benzene rings is 1. The molecule has 1 unspecified atom stereocenters. The van der Waals surface area contributed by atoms with Crippen LogP contribution < -0.4 is 15.8 Å². The maximum Gasteiger partial charge on any atom is 0.173 e. The summed E-state index contributed by atoms with van der Waals surface area (Å²) in [6.45, 7) is 1.24. The van der Waals surface area contributed by atoms with E-state index in [0.29, 0.717) is 24.4 Å². The van der Waals surface area contributed by atoms with E-state index in [1.54, 1.807) is 12.1 Å². The van der Waals surface area contributed by atoms with Gasteiger partial charge in [-0.15, -0.1) is 0 Å². The van der Waals surface area contributed by atoms with Crippen LogP contribution in [0, 0.1) is 0 Å². The lowest BCUT2D eigenvalue weighted by atomic mass is 10.1. The number of hydrogen-bond donors (Lipinski definition) is 4. The molecule has 7 heteroatoms. The number of oxime groups is 1. The van der Waals surface area contributed by atoms with Gasteiger partial charge < -0.3 is 30.8 Å². The number of aliphatic hydroxyl groups excluding tert-OH is 1. The predicted molar refractivity (Wildman–Crippen MR) is 75.1 cm³/mol. The van der Waals surface area contributed by atoms with Gasteiger partial charge in [-0.2, -0.15) is 0 Å². The summed E-state index contributed by atoms with van der Waals surface area (Å²) >= 11 is 0. The molecule has 0 heterocycles. The summed E-state index contributed by atoms with van der Waals surface area (Å²) in [6, 6.07) is 5.38. The van der Waals surface area contributed by atoms with Gasteiger partial charge in [0.1, 0.15) is 5.75 Å². The minimum Gasteiger partial charge on any atom is -0.496 e. The van der Waals surface area contributed by atoms with Crippen molar-refractivity contribution >= 4 is 5.84 Å². The quantitative estimate of drug-likeness (QED) is 0.229. The van der Waals surface area contributed by atoms with Crippen molar-refractivity contribution in [3.05, 3.63) is 29.3 Å². The maximum atomic E-state index is 9.51. The fourth-order valence-electron chi connectivity index (χ4n) is 1.75. The average molecular weight is 283 g/mol. The van der Waals surface area contributed by atoms with Crippen LogP contribution in [0.5, 0.6) is 5.75 Å². The number of nitrogens with two attached hydrogens (primary N) is 1. The van der Waals surface area contributed by atoms with Crippen molar-refractivity contribution in [2.75, 3.05) is 27.4 Å². The Morgan fingerprint density at radius 2 is 2.20 bits per heavy atom. The largest absolute Gasteiger partial charge is 0.496 e. The number of hydrogen-bond acceptors (Lipinski definition) is 6. The molecule has 0 radical (unpaired) electrons. The van der Waals surface area contributed by atoms with Gasteiger partial charge in [-0.05, 0) is 17.7 Å². The van der Waals surface area contributed by atoms with Crippen LogP contribution in [0.3, 0.4) is 0 Å². The summed E-state index contributed by atoms with van der Waals surface area (Å²) in [5, 5.41) is 24.3. The minimum absolute atomic E-state index is 0.0110. The molecule has 0 bridgehead atoms. The van der Waals surface area contributed by atoms with E-state index in [0.717, 1.165) is 5.56 Å². The average Bonchev–Trinajstić information content (AvgIpc) is 2.46. The highest BCUT2D eigenvalue weighted by Gasteiger charge is 2.09. The van der Waals surface area contributed by atoms with E-state index in [1.807, 2.05) is 6.07 Å². The Balaban J connectivity index is 2.68. The summed E-state index contributed by atoms with van der Waals surface area (Å²) in [5.41, 5.74) is 7.05. The zero-order valence-electron chi connectivity index (χ0n) is 11.7. The van der Waals surface area contributed by atoms with Gasteiger partial charge in [-0.1, -0.05) is 11.2 Å². The zero-order chi connectivity index (χ0) is 15.0. The van der Waals surface area contributed by atoms with Crippen molar-refractivity contribution in [1.82, 2.24) is 5.32 Å². The third kappa shape index (κ3) is 4.69. The Labute approximate surface area is 118 Å². The van der Waals surface area contributed by atoms with Crippen molar-refractivity contribution in [1.29, 1.82) is 0 Å². The zero-order valence-corrected chi connectivity index (χ0v) is 11.7. The topological polar surface area (TPSA) is 109 Å². The molecule has 1 aromatic carbocycles. The van der Waals surface area contributed by atoms with Crippen molar-refractivity contribution < 1.29 is 19.8 Å². The lowest BCUT2D eigenvalue weighted by Crippen LogP contribution is -2.29. The third-order valence-electron chi connectivity index (χ3n) is 2.72. The van der Waals surface area contributed by atoms with Crippen molar-refractivity contribution in [3.63, 3.8) is 0 Å². The van der Waals surface area contributed by atoms with Gasteiger partial charge in [0.15, 0.2) is 5.84 Å². The molecule has 0 aliphatic heterocycles. The van der Waals surface area contributed by atoms with Gasteiger partial charge >= 0.3 is 0 Å². The molecule has 0 aliphatic carbocycles. The van der Waals surface area contributed by atoms with Crippen LogP contribution in [0.15, 0.2) is 23.4 Å². The highest BCUT2D eigenvalue weighted by molar-refractivity contribution is 5.99. The van der Waals surface area contributed by atoms with Crippen LogP contribution in [0.25, 0.3) is 0 Å². The van der Waals surface area contributed by atoms with Gasteiger partial charge in [0.25, 0.3) is 0 Å². The number of ether oxygens (including phenoxy) is 2. The second kappa shape index (κ2) is 8.36. The molecule has 0 aromatic heterocycles. The van der Waals surface area contributed by atoms with E-state index in [2.05, 4.69) is 10.5 Å². The third-order valence-corrected chi connectivity index (χ3v) is 2.72. The number of nitrogens with one attached hydrogen (secondary N) is 1. The molecule has 0 amide bonds. The van der Waals surface area contributed by atoms with Crippen molar-refractivity contribution in [3.8, 4) is 5.75 Å². The summed E-state index contributed by atoms with van der Waals surface area (Å²) in [6.07, 6.45) is -0.554. The number of methoxy groups -OCH3 is 2. The van der Waals surface area contributed by atoms with Gasteiger partial charge in [-0.25, -0.2) is 0 Å². The minimum atomic E-state index is -0.554. The molecule has 5 N–H and O–H groups in total. The molecule has 0 fully saturated rings. The number of amidine groups is 1. The Morgan fingerprint density at radius 1 is 1.45 bits per heavy atom. The van der Waals surface area contributed by atoms with E-state index >= 15 is 0 Å². The predicted octanol–water partition coefficient (Wildman–Crippen LogP) is -0.113. The van der Waals surface area contributed by atoms with E-state index in [-0.39, 0.29) is 12.4 Å². The molecule has 0 aliphatic rings. The first-order chi connectivity index (χ1) is 9.62. The second-order valence-electron chi connectivity index (χ2n) is 4.26. The van der Waals surface area contributed by atoms with E-state index in [1.165, 1.54) is 14.2 Å². The first-order valence-electron chi connectivity index (χ1n) is 6.14. The maximum absolute atomic E-state index is 9.51. The van der Waals surface area contributed by atoms with Crippen LogP contribution in [-0.2, 0) is 11.3 Å².